The Morgan fingerprint density at radius 2 is 1.62 bits per heavy atom. The van der Waals surface area contributed by atoms with Crippen molar-refractivity contribution >= 4 is 23.3 Å². The second-order valence-electron chi connectivity index (χ2n) is 9.43. The first-order chi connectivity index (χ1) is 13.8. The van der Waals surface area contributed by atoms with Crippen LogP contribution in [0.1, 0.15) is 59.3 Å². The fraction of sp³-hybridized carbons (Fsp3) is 0.652. The number of benzene rings is 1. The van der Waals surface area contributed by atoms with Gasteiger partial charge in [-0.1, -0.05) is 25.7 Å². The van der Waals surface area contributed by atoms with Crippen molar-refractivity contribution in [2.45, 2.75) is 64.8 Å². The number of hydrogen-bond donors (Lipinski definition) is 2. The molecule has 1 saturated carbocycles. The van der Waals surface area contributed by atoms with E-state index in [-0.39, 0.29) is 11.6 Å². The first-order valence-electron chi connectivity index (χ1n) is 11.0. The van der Waals surface area contributed by atoms with Crippen LogP contribution < -0.4 is 15.5 Å². The molecule has 0 atom stereocenters. The van der Waals surface area contributed by atoms with Crippen molar-refractivity contribution < 1.29 is 9.59 Å². The minimum atomic E-state index is -0.266. The number of nitrogens with one attached hydrogen (secondary N) is 2. The van der Waals surface area contributed by atoms with E-state index >= 15 is 0 Å². The number of urea groups is 1. The lowest BCUT2D eigenvalue weighted by Gasteiger charge is -2.36. The first-order valence-corrected chi connectivity index (χ1v) is 11.0. The van der Waals surface area contributed by atoms with E-state index in [0.717, 1.165) is 49.9 Å². The lowest BCUT2D eigenvalue weighted by Crippen LogP contribution is -2.48. The molecule has 2 aliphatic rings. The number of carbonyl (C=O) groups is 2. The molecule has 1 aliphatic heterocycles. The zero-order valence-electron chi connectivity index (χ0n) is 18.2. The van der Waals surface area contributed by atoms with E-state index in [1.807, 2.05) is 49.9 Å². The zero-order chi connectivity index (χ0) is 20.9. The maximum Gasteiger partial charge on any atom is 0.319 e. The number of amides is 3. The van der Waals surface area contributed by atoms with Gasteiger partial charge in [0.25, 0.3) is 0 Å². The first kappa shape index (κ1) is 21.5. The zero-order valence-corrected chi connectivity index (χ0v) is 18.2. The minimum Gasteiger partial charge on any atom is -0.368 e. The van der Waals surface area contributed by atoms with Crippen molar-refractivity contribution in [2.24, 2.45) is 5.92 Å². The van der Waals surface area contributed by atoms with Gasteiger partial charge < -0.3 is 20.4 Å². The highest BCUT2D eigenvalue weighted by molar-refractivity contribution is 5.89. The molecular formula is C23H36N4O2. The van der Waals surface area contributed by atoms with Crippen LogP contribution in [0.4, 0.5) is 16.2 Å². The molecule has 1 aliphatic carbocycles. The second kappa shape index (κ2) is 9.51. The summed E-state index contributed by atoms with van der Waals surface area (Å²) in [6.07, 6.45) is 7.08. The van der Waals surface area contributed by atoms with Gasteiger partial charge in [0.2, 0.25) is 5.91 Å². The fourth-order valence-electron chi connectivity index (χ4n) is 4.26. The van der Waals surface area contributed by atoms with Gasteiger partial charge in [-0.3, -0.25) is 4.79 Å². The van der Waals surface area contributed by atoms with Crippen LogP contribution in [0.5, 0.6) is 0 Å². The molecular weight excluding hydrogens is 364 g/mol. The average Bonchev–Trinajstić information content (AvgIpc) is 3.19. The summed E-state index contributed by atoms with van der Waals surface area (Å²) in [6.45, 7) is 9.15. The molecule has 0 bridgehead atoms. The molecule has 1 saturated heterocycles. The smallest absolute Gasteiger partial charge is 0.319 e. The van der Waals surface area contributed by atoms with Gasteiger partial charge in [0, 0.05) is 49.5 Å². The summed E-state index contributed by atoms with van der Waals surface area (Å²) in [7, 11) is 0. The highest BCUT2D eigenvalue weighted by atomic mass is 16.2. The molecule has 1 aromatic carbocycles. The predicted octanol–water partition coefficient (Wildman–Crippen LogP) is 4.23. The van der Waals surface area contributed by atoms with Crippen molar-refractivity contribution in [1.29, 1.82) is 0 Å². The van der Waals surface area contributed by atoms with Gasteiger partial charge in [-0.05, 0) is 57.4 Å². The summed E-state index contributed by atoms with van der Waals surface area (Å²) in [6, 6.07) is 7.72. The van der Waals surface area contributed by atoms with E-state index in [9.17, 15) is 9.59 Å². The van der Waals surface area contributed by atoms with E-state index in [2.05, 4.69) is 15.5 Å². The molecule has 0 spiro atoms. The quantitative estimate of drug-likeness (QED) is 0.778. The molecule has 0 aromatic heterocycles. The van der Waals surface area contributed by atoms with Crippen molar-refractivity contribution in [3.8, 4) is 0 Å². The Morgan fingerprint density at radius 3 is 2.21 bits per heavy atom. The van der Waals surface area contributed by atoms with Gasteiger partial charge >= 0.3 is 6.03 Å². The fourth-order valence-corrected chi connectivity index (χ4v) is 4.26. The van der Waals surface area contributed by atoms with Gasteiger partial charge in [-0.25, -0.2) is 4.79 Å². The molecule has 29 heavy (non-hydrogen) atoms. The van der Waals surface area contributed by atoms with Crippen LogP contribution in [0, 0.1) is 5.92 Å². The topological polar surface area (TPSA) is 64.7 Å². The summed E-state index contributed by atoms with van der Waals surface area (Å²) < 4.78 is 0. The molecule has 6 nitrogen and oxygen atoms in total. The number of rotatable bonds is 5. The van der Waals surface area contributed by atoms with Crippen molar-refractivity contribution in [3.05, 3.63) is 24.3 Å². The number of carbonyl (C=O) groups excluding carboxylic acids is 2. The highest BCUT2D eigenvalue weighted by Crippen LogP contribution is 2.29. The van der Waals surface area contributed by atoms with Crippen LogP contribution in [0.15, 0.2) is 24.3 Å². The van der Waals surface area contributed by atoms with Crippen LogP contribution in [0.2, 0.25) is 0 Å². The Bertz CT molecular complexity index is 682. The Labute approximate surface area is 175 Å². The SMILES string of the molecule is CC(C)(C)NC(=O)Nc1ccc(N2CCN(C(=O)CCC3CCCC3)CC2)cc1. The van der Waals surface area contributed by atoms with Gasteiger partial charge in [-0.15, -0.1) is 0 Å². The summed E-state index contributed by atoms with van der Waals surface area (Å²) in [5.74, 6) is 1.10. The molecule has 0 radical (unpaired) electrons. The number of hydrogen-bond acceptors (Lipinski definition) is 3. The van der Waals surface area contributed by atoms with E-state index in [1.54, 1.807) is 0 Å². The Kier molecular flexibility index (Phi) is 7.04. The van der Waals surface area contributed by atoms with E-state index in [0.29, 0.717) is 12.3 Å². The number of nitrogens with zero attached hydrogens (tertiary/aromatic N) is 2. The van der Waals surface area contributed by atoms with Gasteiger partial charge in [0.1, 0.15) is 0 Å². The van der Waals surface area contributed by atoms with Crippen LogP contribution >= 0.6 is 0 Å². The third-order valence-electron chi connectivity index (χ3n) is 5.85. The lowest BCUT2D eigenvalue weighted by molar-refractivity contribution is -0.131. The summed E-state index contributed by atoms with van der Waals surface area (Å²) in [5, 5.41) is 5.76. The third kappa shape index (κ3) is 6.65. The summed E-state index contributed by atoms with van der Waals surface area (Å²) in [4.78, 5) is 28.8. The van der Waals surface area contributed by atoms with Crippen LogP contribution in [-0.4, -0.2) is 48.6 Å². The van der Waals surface area contributed by atoms with Crippen molar-refractivity contribution in [1.82, 2.24) is 10.2 Å². The normalized spacial score (nSPS) is 18.0. The molecule has 6 heteroatoms. The van der Waals surface area contributed by atoms with E-state index < -0.39 is 0 Å². The molecule has 160 valence electrons. The third-order valence-corrected chi connectivity index (χ3v) is 5.85. The number of piperazine rings is 1. The predicted molar refractivity (Wildman–Crippen MR) is 118 cm³/mol. The average molecular weight is 401 g/mol. The monoisotopic (exact) mass is 400 g/mol. The largest absolute Gasteiger partial charge is 0.368 e. The molecule has 2 N–H and O–H groups in total. The molecule has 2 fully saturated rings. The van der Waals surface area contributed by atoms with Crippen LogP contribution in [0.25, 0.3) is 0 Å². The van der Waals surface area contributed by atoms with E-state index in [1.165, 1.54) is 25.7 Å². The van der Waals surface area contributed by atoms with Crippen molar-refractivity contribution in [3.63, 3.8) is 0 Å². The Hall–Kier alpha value is -2.24. The van der Waals surface area contributed by atoms with Gasteiger partial charge in [0.05, 0.1) is 0 Å². The summed E-state index contributed by atoms with van der Waals surface area (Å²) in [5.41, 5.74) is 1.64. The molecule has 0 unspecified atom stereocenters. The minimum absolute atomic E-state index is 0.199. The molecule has 3 rings (SSSR count). The molecule has 3 amide bonds. The van der Waals surface area contributed by atoms with Crippen LogP contribution in [0.3, 0.4) is 0 Å². The van der Waals surface area contributed by atoms with Gasteiger partial charge in [0.15, 0.2) is 0 Å². The number of anilines is 2. The second-order valence-corrected chi connectivity index (χ2v) is 9.43. The Morgan fingerprint density at radius 1 is 1.00 bits per heavy atom. The van der Waals surface area contributed by atoms with Gasteiger partial charge in [-0.2, -0.15) is 0 Å². The Balaban J connectivity index is 1.43. The highest BCUT2D eigenvalue weighted by Gasteiger charge is 2.23. The van der Waals surface area contributed by atoms with Crippen LogP contribution in [-0.2, 0) is 4.79 Å². The van der Waals surface area contributed by atoms with Crippen molar-refractivity contribution in [2.75, 3.05) is 36.4 Å². The standard InChI is InChI=1S/C23H36N4O2/c1-23(2,3)25-22(29)24-19-9-11-20(12-10-19)26-14-16-27(17-15-26)21(28)13-8-18-6-4-5-7-18/h9-12,18H,4-8,13-17H2,1-3H3,(H2,24,25,29). The molecule has 1 aromatic rings. The maximum absolute atomic E-state index is 12.5. The summed E-state index contributed by atoms with van der Waals surface area (Å²) >= 11 is 0. The maximum atomic E-state index is 12.5. The lowest BCUT2D eigenvalue weighted by atomic mass is 10.0. The molecule has 1 heterocycles. The van der Waals surface area contributed by atoms with E-state index in [4.69, 9.17) is 0 Å².